The molecule has 1 N–H and O–H groups in total. The van der Waals surface area contributed by atoms with Gasteiger partial charge in [-0.1, -0.05) is 42.5 Å². The highest BCUT2D eigenvalue weighted by Gasteiger charge is 2.24. The molecule has 0 bridgehead atoms. The molecule has 1 saturated heterocycles. The molecule has 38 heavy (non-hydrogen) atoms. The number of rotatable bonds is 12. The van der Waals surface area contributed by atoms with Crippen molar-refractivity contribution in [1.29, 1.82) is 0 Å². The first-order valence-electron chi connectivity index (χ1n) is 13.4. The number of benzene rings is 2. The van der Waals surface area contributed by atoms with Crippen molar-refractivity contribution < 1.29 is 14.3 Å². The molecule has 0 atom stereocenters. The Bertz CT molecular complexity index is 1180. The largest absolute Gasteiger partial charge is 0.492 e. The molecular weight excluding hydrogens is 496 g/mol. The molecule has 1 aromatic heterocycles. The maximum absolute atomic E-state index is 13.8. The van der Waals surface area contributed by atoms with E-state index in [0.717, 1.165) is 30.1 Å². The van der Waals surface area contributed by atoms with Crippen molar-refractivity contribution in [2.24, 2.45) is 0 Å². The van der Waals surface area contributed by atoms with Gasteiger partial charge in [0.15, 0.2) is 0 Å². The summed E-state index contributed by atoms with van der Waals surface area (Å²) >= 11 is 1.66. The lowest BCUT2D eigenvalue weighted by atomic mass is 10.2. The summed E-state index contributed by atoms with van der Waals surface area (Å²) in [5, 5.41) is 5.05. The average molecular weight is 535 g/mol. The fraction of sp³-hybridized carbons (Fsp3) is 0.400. The average Bonchev–Trinajstić information content (AvgIpc) is 3.59. The van der Waals surface area contributed by atoms with Gasteiger partial charge >= 0.3 is 6.03 Å². The van der Waals surface area contributed by atoms with E-state index in [2.05, 4.69) is 28.6 Å². The van der Waals surface area contributed by atoms with Gasteiger partial charge in [-0.25, -0.2) is 4.79 Å². The van der Waals surface area contributed by atoms with Crippen LogP contribution in [0.3, 0.4) is 0 Å². The van der Waals surface area contributed by atoms with Crippen LogP contribution in [0.5, 0.6) is 5.75 Å². The maximum atomic E-state index is 13.8. The van der Waals surface area contributed by atoms with Gasteiger partial charge in [0.2, 0.25) is 5.91 Å². The van der Waals surface area contributed by atoms with Crippen molar-refractivity contribution in [3.05, 3.63) is 82.0 Å². The Kier molecular flexibility index (Phi) is 10.2. The van der Waals surface area contributed by atoms with Gasteiger partial charge in [-0.3, -0.25) is 4.79 Å². The van der Waals surface area contributed by atoms with Crippen LogP contribution < -0.4 is 10.1 Å². The number of amides is 3. The Hall–Kier alpha value is -3.36. The molecule has 2 aromatic carbocycles. The Morgan fingerprint density at radius 1 is 0.974 bits per heavy atom. The second kappa shape index (κ2) is 14.0. The molecule has 2 heterocycles. The number of carbonyl (C=O) groups excluding carboxylic acids is 2. The number of hydrogen-bond acceptors (Lipinski definition) is 5. The molecule has 1 aliphatic heterocycles. The molecule has 7 nitrogen and oxygen atoms in total. The van der Waals surface area contributed by atoms with Gasteiger partial charge in [0.25, 0.3) is 0 Å². The van der Waals surface area contributed by atoms with Crippen LogP contribution in [-0.2, 0) is 17.9 Å². The second-order valence-electron chi connectivity index (χ2n) is 9.59. The number of hydrogen-bond donors (Lipinski definition) is 1. The lowest BCUT2D eigenvalue weighted by Crippen LogP contribution is -2.46. The van der Waals surface area contributed by atoms with Gasteiger partial charge < -0.3 is 24.8 Å². The van der Waals surface area contributed by atoms with Gasteiger partial charge in [-0.2, -0.15) is 0 Å². The van der Waals surface area contributed by atoms with E-state index in [0.29, 0.717) is 37.7 Å². The van der Waals surface area contributed by atoms with Gasteiger partial charge in [0, 0.05) is 24.5 Å². The normalized spacial score (nSPS) is 13.3. The third-order valence-corrected chi connectivity index (χ3v) is 7.81. The summed E-state index contributed by atoms with van der Waals surface area (Å²) in [5.41, 5.74) is 2.85. The van der Waals surface area contributed by atoms with E-state index in [4.69, 9.17) is 4.74 Å². The van der Waals surface area contributed by atoms with Crippen molar-refractivity contribution in [2.45, 2.75) is 39.8 Å². The molecule has 8 heteroatoms. The molecule has 0 saturated carbocycles. The van der Waals surface area contributed by atoms with Crippen LogP contribution in [0.15, 0.2) is 66.0 Å². The van der Waals surface area contributed by atoms with Gasteiger partial charge in [-0.05, 0) is 74.5 Å². The third-order valence-electron chi connectivity index (χ3n) is 6.80. The van der Waals surface area contributed by atoms with Gasteiger partial charge in [0.1, 0.15) is 12.3 Å². The van der Waals surface area contributed by atoms with E-state index in [1.807, 2.05) is 66.4 Å². The Morgan fingerprint density at radius 2 is 1.71 bits per heavy atom. The lowest BCUT2D eigenvalue weighted by Gasteiger charge is -2.29. The summed E-state index contributed by atoms with van der Waals surface area (Å²) in [6.45, 7) is 8.80. The molecule has 0 spiro atoms. The first-order chi connectivity index (χ1) is 18.5. The molecule has 3 amide bonds. The van der Waals surface area contributed by atoms with E-state index >= 15 is 0 Å². The number of thiophene rings is 1. The minimum absolute atomic E-state index is 0.00767. The van der Waals surface area contributed by atoms with E-state index in [9.17, 15) is 9.59 Å². The quantitative estimate of drug-likeness (QED) is 0.328. The summed E-state index contributed by atoms with van der Waals surface area (Å²) in [4.78, 5) is 34.3. The molecule has 202 valence electrons. The molecule has 0 radical (unpaired) electrons. The van der Waals surface area contributed by atoms with E-state index in [1.54, 1.807) is 16.2 Å². The van der Waals surface area contributed by atoms with Crippen LogP contribution >= 0.6 is 11.3 Å². The number of nitrogens with zero attached hydrogens (tertiary/aromatic N) is 3. The summed E-state index contributed by atoms with van der Waals surface area (Å²) in [6.07, 6.45) is 2.36. The summed E-state index contributed by atoms with van der Waals surface area (Å²) in [6, 6.07) is 19.2. The molecule has 1 fully saturated rings. The molecule has 0 unspecified atom stereocenters. The zero-order valence-electron chi connectivity index (χ0n) is 22.4. The Labute approximate surface area is 230 Å². The van der Waals surface area contributed by atoms with Crippen molar-refractivity contribution in [3.63, 3.8) is 0 Å². The monoisotopic (exact) mass is 534 g/mol. The van der Waals surface area contributed by atoms with Crippen molar-refractivity contribution in [2.75, 3.05) is 44.6 Å². The fourth-order valence-corrected chi connectivity index (χ4v) is 5.53. The van der Waals surface area contributed by atoms with Gasteiger partial charge in [0.05, 0.1) is 18.8 Å². The number of anilines is 1. The van der Waals surface area contributed by atoms with Crippen LogP contribution in [-0.4, -0.2) is 66.0 Å². The van der Waals surface area contributed by atoms with Gasteiger partial charge in [-0.15, -0.1) is 11.3 Å². The van der Waals surface area contributed by atoms with Crippen LogP contribution in [0.1, 0.15) is 35.8 Å². The Morgan fingerprint density at radius 3 is 2.42 bits per heavy atom. The van der Waals surface area contributed by atoms with Crippen molar-refractivity contribution in [3.8, 4) is 5.75 Å². The summed E-state index contributed by atoms with van der Waals surface area (Å²) in [7, 11) is 0. The first kappa shape index (κ1) is 27.7. The number of nitrogens with one attached hydrogen (secondary N) is 1. The van der Waals surface area contributed by atoms with E-state index in [1.165, 1.54) is 18.4 Å². The number of ether oxygens (including phenoxy) is 1. The molecule has 0 aliphatic carbocycles. The summed E-state index contributed by atoms with van der Waals surface area (Å²) in [5.74, 6) is 0.546. The molecule has 3 aromatic rings. The second-order valence-corrected chi connectivity index (χ2v) is 10.6. The molecule has 4 rings (SSSR count). The molecule has 1 aliphatic rings. The number of urea groups is 1. The Balaban J connectivity index is 1.52. The third kappa shape index (κ3) is 7.82. The molecular formula is C30H38N4O3S. The number of carbonyl (C=O) groups is 2. The SMILES string of the molecule is CCOc1ccccc1NC(=O)N(CCN1CCCC1)CC(=O)N(Cc1ccccc1)Cc1sccc1C. The van der Waals surface area contributed by atoms with E-state index < -0.39 is 0 Å². The predicted molar refractivity (Wildman–Crippen MR) is 154 cm³/mol. The van der Waals surface area contributed by atoms with Crippen LogP contribution in [0.2, 0.25) is 0 Å². The zero-order chi connectivity index (χ0) is 26.7. The zero-order valence-corrected chi connectivity index (χ0v) is 23.2. The summed E-state index contributed by atoms with van der Waals surface area (Å²) < 4.78 is 5.70. The smallest absolute Gasteiger partial charge is 0.322 e. The maximum Gasteiger partial charge on any atom is 0.322 e. The van der Waals surface area contributed by atoms with Crippen molar-refractivity contribution in [1.82, 2.24) is 14.7 Å². The predicted octanol–water partition coefficient (Wildman–Crippen LogP) is 5.61. The first-order valence-corrected chi connectivity index (χ1v) is 14.3. The van der Waals surface area contributed by atoms with Crippen molar-refractivity contribution >= 4 is 29.0 Å². The fourth-order valence-electron chi connectivity index (χ4n) is 4.61. The van der Waals surface area contributed by atoms with Crippen LogP contribution in [0, 0.1) is 6.92 Å². The standard InChI is InChI=1S/C30H38N4O3S/c1-3-37-27-14-8-7-13-26(27)31-30(36)33(19-18-32-16-9-10-17-32)23-29(35)34(21-25-11-5-4-6-12-25)22-28-24(2)15-20-38-28/h4-8,11-15,20H,3,9-10,16-19,21-23H2,1-2H3,(H,31,36). The number of likely N-dealkylation sites (tertiary alicyclic amines) is 1. The minimum atomic E-state index is -0.295. The highest BCUT2D eigenvalue weighted by atomic mass is 32.1. The van der Waals surface area contributed by atoms with Crippen LogP contribution in [0.25, 0.3) is 0 Å². The topological polar surface area (TPSA) is 65.1 Å². The van der Waals surface area contributed by atoms with E-state index in [-0.39, 0.29) is 18.5 Å². The highest BCUT2D eigenvalue weighted by molar-refractivity contribution is 7.10. The lowest BCUT2D eigenvalue weighted by molar-refractivity contribution is -0.133. The number of para-hydroxylation sites is 2. The minimum Gasteiger partial charge on any atom is -0.492 e. The number of aryl methyl sites for hydroxylation is 1. The van der Waals surface area contributed by atoms with Crippen LogP contribution in [0.4, 0.5) is 10.5 Å². The highest BCUT2D eigenvalue weighted by Crippen LogP contribution is 2.24.